The number of nitrogens with zero attached hydrogens (tertiary/aromatic N) is 2. The van der Waals surface area contributed by atoms with Crippen molar-refractivity contribution in [2.45, 2.75) is 13.3 Å². The van der Waals surface area contributed by atoms with Crippen LogP contribution >= 0.6 is 0 Å². The number of hydrazine groups is 1. The summed E-state index contributed by atoms with van der Waals surface area (Å²) in [6.07, 6.45) is 0.795. The molecular formula is C10H17N5O3. The molecule has 0 spiro atoms. The third kappa shape index (κ3) is 4.52. The number of hydrogen-bond acceptors (Lipinski definition) is 7. The standard InChI is InChI=1S/C10H17N5O3/c1-2-18-5-3-4-12-9-6-8(15(16)17)7-10(13-9)14-11/h6-7H,2-5,11H2,1H3,(H2,12,13,14). The molecule has 4 N–H and O–H groups in total. The summed E-state index contributed by atoms with van der Waals surface area (Å²) in [7, 11) is 0. The number of hydrogen-bond donors (Lipinski definition) is 3. The molecule has 8 nitrogen and oxygen atoms in total. The first kappa shape index (κ1) is 14.1. The summed E-state index contributed by atoms with van der Waals surface area (Å²) in [5, 5.41) is 13.7. The first-order valence-electron chi connectivity index (χ1n) is 5.62. The molecule has 0 saturated carbocycles. The fourth-order valence-electron chi connectivity index (χ4n) is 1.32. The van der Waals surface area contributed by atoms with E-state index in [0.717, 1.165) is 6.42 Å². The van der Waals surface area contributed by atoms with E-state index in [-0.39, 0.29) is 11.5 Å². The second kappa shape index (κ2) is 7.41. The van der Waals surface area contributed by atoms with Crippen molar-refractivity contribution in [3.63, 3.8) is 0 Å². The van der Waals surface area contributed by atoms with Crippen molar-refractivity contribution in [3.8, 4) is 0 Å². The van der Waals surface area contributed by atoms with Crippen LogP contribution in [-0.4, -0.2) is 29.7 Å². The van der Waals surface area contributed by atoms with Gasteiger partial charge in [-0.25, -0.2) is 10.8 Å². The van der Waals surface area contributed by atoms with E-state index in [1.807, 2.05) is 6.92 Å². The van der Waals surface area contributed by atoms with Crippen LogP contribution in [0.5, 0.6) is 0 Å². The number of nitrogen functional groups attached to an aromatic ring is 1. The quantitative estimate of drug-likeness (QED) is 0.276. The monoisotopic (exact) mass is 255 g/mol. The van der Waals surface area contributed by atoms with Gasteiger partial charge in [0.15, 0.2) is 0 Å². The van der Waals surface area contributed by atoms with E-state index in [1.54, 1.807) is 0 Å². The Bertz CT molecular complexity index is 399. The molecule has 0 unspecified atom stereocenters. The van der Waals surface area contributed by atoms with Crippen LogP contribution in [0.2, 0.25) is 0 Å². The molecule has 8 heteroatoms. The Morgan fingerprint density at radius 3 is 2.83 bits per heavy atom. The maximum atomic E-state index is 10.7. The van der Waals surface area contributed by atoms with Crippen LogP contribution in [0.3, 0.4) is 0 Å². The summed E-state index contributed by atoms with van der Waals surface area (Å²) < 4.78 is 5.18. The molecule has 0 fully saturated rings. The van der Waals surface area contributed by atoms with Crippen molar-refractivity contribution >= 4 is 17.3 Å². The first-order chi connectivity index (χ1) is 8.67. The van der Waals surface area contributed by atoms with Crippen LogP contribution < -0.4 is 16.6 Å². The molecule has 0 aliphatic rings. The van der Waals surface area contributed by atoms with E-state index in [9.17, 15) is 10.1 Å². The van der Waals surface area contributed by atoms with Crippen LogP contribution in [0.25, 0.3) is 0 Å². The number of rotatable bonds is 8. The maximum absolute atomic E-state index is 10.7. The van der Waals surface area contributed by atoms with Gasteiger partial charge in [-0.05, 0) is 13.3 Å². The Morgan fingerprint density at radius 2 is 2.22 bits per heavy atom. The minimum atomic E-state index is -0.492. The van der Waals surface area contributed by atoms with E-state index in [4.69, 9.17) is 10.6 Å². The Hall–Kier alpha value is -1.93. The van der Waals surface area contributed by atoms with E-state index < -0.39 is 4.92 Å². The molecule has 1 aromatic rings. The zero-order valence-corrected chi connectivity index (χ0v) is 10.2. The number of ether oxygens (including phenoxy) is 1. The highest BCUT2D eigenvalue weighted by Crippen LogP contribution is 2.19. The summed E-state index contributed by atoms with van der Waals surface area (Å²) in [5.41, 5.74) is 2.23. The van der Waals surface area contributed by atoms with E-state index in [0.29, 0.717) is 25.6 Å². The smallest absolute Gasteiger partial charge is 0.276 e. The molecule has 0 aliphatic heterocycles. The molecule has 1 heterocycles. The summed E-state index contributed by atoms with van der Waals surface area (Å²) in [6.45, 7) is 3.86. The molecule has 18 heavy (non-hydrogen) atoms. The fourth-order valence-corrected chi connectivity index (χ4v) is 1.32. The summed E-state index contributed by atoms with van der Waals surface area (Å²) in [5.74, 6) is 5.86. The van der Waals surface area contributed by atoms with Gasteiger partial charge in [0.25, 0.3) is 5.69 Å². The molecule has 0 aromatic carbocycles. The molecule has 0 amide bonds. The molecule has 1 aromatic heterocycles. The summed E-state index contributed by atoms with van der Waals surface area (Å²) >= 11 is 0. The van der Waals surface area contributed by atoms with Gasteiger partial charge < -0.3 is 15.5 Å². The highest BCUT2D eigenvalue weighted by atomic mass is 16.6. The van der Waals surface area contributed by atoms with Crippen LogP contribution in [0.1, 0.15) is 13.3 Å². The van der Waals surface area contributed by atoms with Gasteiger partial charge in [0.05, 0.1) is 17.1 Å². The van der Waals surface area contributed by atoms with Crippen molar-refractivity contribution in [2.24, 2.45) is 5.84 Å². The zero-order chi connectivity index (χ0) is 13.4. The third-order valence-corrected chi connectivity index (χ3v) is 2.14. The van der Waals surface area contributed by atoms with Crippen LogP contribution in [0.4, 0.5) is 17.3 Å². The predicted molar refractivity (Wildman–Crippen MR) is 68.3 cm³/mol. The molecule has 0 saturated heterocycles. The number of nitro groups is 1. The second-order valence-corrected chi connectivity index (χ2v) is 3.47. The number of nitrogens with two attached hydrogens (primary N) is 1. The van der Waals surface area contributed by atoms with Crippen molar-refractivity contribution in [2.75, 3.05) is 30.5 Å². The van der Waals surface area contributed by atoms with Gasteiger partial charge in [0.2, 0.25) is 0 Å². The molecule has 1 rings (SSSR count). The van der Waals surface area contributed by atoms with Crippen LogP contribution in [0.15, 0.2) is 12.1 Å². The van der Waals surface area contributed by atoms with Gasteiger partial charge >= 0.3 is 0 Å². The highest BCUT2D eigenvalue weighted by Gasteiger charge is 2.10. The summed E-state index contributed by atoms with van der Waals surface area (Å²) in [6, 6.07) is 2.63. The molecule has 0 aliphatic carbocycles. The number of aromatic nitrogens is 1. The normalized spacial score (nSPS) is 10.1. The van der Waals surface area contributed by atoms with Gasteiger partial charge in [-0.3, -0.25) is 10.1 Å². The highest BCUT2D eigenvalue weighted by molar-refractivity contribution is 5.54. The Labute approximate surface area is 105 Å². The Morgan fingerprint density at radius 1 is 1.50 bits per heavy atom. The largest absolute Gasteiger partial charge is 0.382 e. The fraction of sp³-hybridized carbons (Fsp3) is 0.500. The second-order valence-electron chi connectivity index (χ2n) is 3.47. The van der Waals surface area contributed by atoms with Crippen LogP contribution in [0, 0.1) is 10.1 Å². The van der Waals surface area contributed by atoms with Gasteiger partial charge in [-0.2, -0.15) is 0 Å². The number of nitrogens with one attached hydrogen (secondary N) is 2. The Kier molecular flexibility index (Phi) is 5.81. The average Bonchev–Trinajstić information content (AvgIpc) is 2.38. The van der Waals surface area contributed by atoms with E-state index >= 15 is 0 Å². The minimum Gasteiger partial charge on any atom is -0.382 e. The van der Waals surface area contributed by atoms with Gasteiger partial charge in [-0.15, -0.1) is 0 Å². The van der Waals surface area contributed by atoms with Crippen molar-refractivity contribution in [3.05, 3.63) is 22.2 Å². The van der Waals surface area contributed by atoms with Crippen molar-refractivity contribution in [1.29, 1.82) is 0 Å². The first-order valence-corrected chi connectivity index (χ1v) is 5.62. The lowest BCUT2D eigenvalue weighted by atomic mass is 10.3. The molecule has 0 bridgehead atoms. The maximum Gasteiger partial charge on any atom is 0.276 e. The van der Waals surface area contributed by atoms with Crippen molar-refractivity contribution in [1.82, 2.24) is 4.98 Å². The lowest BCUT2D eigenvalue weighted by Crippen LogP contribution is -2.12. The van der Waals surface area contributed by atoms with Gasteiger partial charge in [0.1, 0.15) is 11.6 Å². The predicted octanol–water partition coefficient (Wildman–Crippen LogP) is 1.11. The lowest BCUT2D eigenvalue weighted by Gasteiger charge is -2.07. The SMILES string of the molecule is CCOCCCNc1cc([N+](=O)[O-])cc(NN)n1. The average molecular weight is 255 g/mol. The summed E-state index contributed by atoms with van der Waals surface area (Å²) in [4.78, 5) is 14.3. The molecule has 100 valence electrons. The number of anilines is 2. The van der Waals surface area contributed by atoms with Crippen LogP contribution in [-0.2, 0) is 4.74 Å². The van der Waals surface area contributed by atoms with Crippen molar-refractivity contribution < 1.29 is 9.66 Å². The zero-order valence-electron chi connectivity index (χ0n) is 10.2. The van der Waals surface area contributed by atoms with E-state index in [2.05, 4.69) is 15.7 Å². The topological polar surface area (TPSA) is 115 Å². The number of pyridine rings is 1. The van der Waals surface area contributed by atoms with Gasteiger partial charge in [0, 0.05) is 19.8 Å². The molecule has 0 atom stereocenters. The Balaban J connectivity index is 2.58. The molecular weight excluding hydrogens is 238 g/mol. The third-order valence-electron chi connectivity index (χ3n) is 2.14. The minimum absolute atomic E-state index is 0.0646. The van der Waals surface area contributed by atoms with Gasteiger partial charge in [-0.1, -0.05) is 0 Å². The van der Waals surface area contributed by atoms with E-state index in [1.165, 1.54) is 12.1 Å². The lowest BCUT2D eigenvalue weighted by molar-refractivity contribution is -0.384. The molecule has 0 radical (unpaired) electrons.